The fourth-order valence-corrected chi connectivity index (χ4v) is 3.34. The summed E-state index contributed by atoms with van der Waals surface area (Å²) >= 11 is 0. The second-order valence-electron chi connectivity index (χ2n) is 6.68. The molecule has 0 bridgehead atoms. The molecule has 0 spiro atoms. The second-order valence-corrected chi connectivity index (χ2v) is 6.68. The SMILES string of the molecule is C/C=C\c1c(CC)ccc(COC)c1C#CCCNc1ncnc2ccccc12. The highest BCUT2D eigenvalue weighted by Crippen LogP contribution is 2.22. The Balaban J connectivity index is 1.77. The van der Waals surface area contributed by atoms with Gasteiger partial charge in [0.15, 0.2) is 0 Å². The maximum Gasteiger partial charge on any atom is 0.137 e. The lowest BCUT2D eigenvalue weighted by atomic mass is 9.94. The zero-order chi connectivity index (χ0) is 20.5. The third-order valence-corrected chi connectivity index (χ3v) is 4.73. The van der Waals surface area contributed by atoms with Gasteiger partial charge >= 0.3 is 0 Å². The number of aromatic nitrogens is 2. The van der Waals surface area contributed by atoms with Gasteiger partial charge in [-0.05, 0) is 42.2 Å². The molecule has 0 saturated carbocycles. The summed E-state index contributed by atoms with van der Waals surface area (Å²) in [6.45, 7) is 5.49. The van der Waals surface area contributed by atoms with E-state index in [1.807, 2.05) is 31.2 Å². The monoisotopic (exact) mass is 385 g/mol. The molecule has 1 heterocycles. The zero-order valence-electron chi connectivity index (χ0n) is 17.3. The van der Waals surface area contributed by atoms with E-state index in [-0.39, 0.29) is 0 Å². The van der Waals surface area contributed by atoms with Gasteiger partial charge in [-0.15, -0.1) is 0 Å². The smallest absolute Gasteiger partial charge is 0.137 e. The van der Waals surface area contributed by atoms with Crippen LogP contribution in [0.15, 0.2) is 48.8 Å². The number of ether oxygens (including phenoxy) is 1. The van der Waals surface area contributed by atoms with Gasteiger partial charge in [0, 0.05) is 31.0 Å². The molecule has 0 aliphatic carbocycles. The molecular weight excluding hydrogens is 358 g/mol. The van der Waals surface area contributed by atoms with Crippen LogP contribution in [-0.4, -0.2) is 23.6 Å². The molecule has 29 heavy (non-hydrogen) atoms. The van der Waals surface area contributed by atoms with Crippen molar-refractivity contribution in [1.29, 1.82) is 0 Å². The fraction of sp³-hybridized carbons (Fsp3) is 0.280. The fourth-order valence-electron chi connectivity index (χ4n) is 3.34. The molecule has 3 aromatic rings. The maximum absolute atomic E-state index is 5.38. The van der Waals surface area contributed by atoms with Gasteiger partial charge in [0.1, 0.15) is 12.1 Å². The number of rotatable bonds is 7. The Labute approximate surface area is 173 Å². The van der Waals surface area contributed by atoms with Crippen molar-refractivity contribution >= 4 is 22.8 Å². The van der Waals surface area contributed by atoms with E-state index in [9.17, 15) is 0 Å². The van der Waals surface area contributed by atoms with Gasteiger partial charge in [0.05, 0.1) is 12.1 Å². The Bertz CT molecular complexity index is 1060. The van der Waals surface area contributed by atoms with Crippen molar-refractivity contribution in [1.82, 2.24) is 9.97 Å². The number of aryl methyl sites for hydroxylation is 1. The Morgan fingerprint density at radius 3 is 2.72 bits per heavy atom. The van der Waals surface area contributed by atoms with Gasteiger partial charge in [0.2, 0.25) is 0 Å². The lowest BCUT2D eigenvalue weighted by Gasteiger charge is -2.12. The number of benzene rings is 2. The highest BCUT2D eigenvalue weighted by molar-refractivity contribution is 5.88. The summed E-state index contributed by atoms with van der Waals surface area (Å²) in [5.41, 5.74) is 5.63. The second kappa shape index (κ2) is 10.4. The minimum atomic E-state index is 0.559. The normalized spacial score (nSPS) is 10.9. The number of para-hydroxylation sites is 1. The predicted octanol–water partition coefficient (Wildman–Crippen LogP) is 5.23. The lowest BCUT2D eigenvalue weighted by molar-refractivity contribution is 0.184. The van der Waals surface area contributed by atoms with E-state index >= 15 is 0 Å². The molecule has 0 aliphatic rings. The highest BCUT2D eigenvalue weighted by Gasteiger charge is 2.09. The third-order valence-electron chi connectivity index (χ3n) is 4.73. The molecule has 0 radical (unpaired) electrons. The molecule has 4 heteroatoms. The number of allylic oxidation sites excluding steroid dienone is 1. The first-order valence-electron chi connectivity index (χ1n) is 9.97. The summed E-state index contributed by atoms with van der Waals surface area (Å²) in [5.74, 6) is 7.57. The van der Waals surface area contributed by atoms with E-state index < -0.39 is 0 Å². The number of fused-ring (bicyclic) bond motifs is 1. The van der Waals surface area contributed by atoms with Gasteiger partial charge in [-0.25, -0.2) is 9.97 Å². The van der Waals surface area contributed by atoms with Gasteiger partial charge < -0.3 is 10.1 Å². The number of hydrogen-bond donors (Lipinski definition) is 1. The van der Waals surface area contributed by atoms with Gasteiger partial charge in [-0.1, -0.05) is 55.2 Å². The summed E-state index contributed by atoms with van der Waals surface area (Å²) in [7, 11) is 1.72. The molecule has 0 saturated heterocycles. The molecular formula is C25H27N3O. The zero-order valence-corrected chi connectivity index (χ0v) is 17.3. The quantitative estimate of drug-likeness (QED) is 0.447. The van der Waals surface area contributed by atoms with Gasteiger partial charge in [-0.3, -0.25) is 0 Å². The average Bonchev–Trinajstić information content (AvgIpc) is 2.75. The first-order valence-corrected chi connectivity index (χ1v) is 9.97. The molecule has 4 nitrogen and oxygen atoms in total. The van der Waals surface area contributed by atoms with Crippen LogP contribution in [-0.2, 0) is 17.8 Å². The van der Waals surface area contributed by atoms with Crippen molar-refractivity contribution < 1.29 is 4.74 Å². The Kier molecular flexibility index (Phi) is 7.38. The summed E-state index contributed by atoms with van der Waals surface area (Å²) in [6, 6.07) is 12.3. The van der Waals surface area contributed by atoms with Crippen LogP contribution in [0.5, 0.6) is 0 Å². The summed E-state index contributed by atoms with van der Waals surface area (Å²) in [5, 5.41) is 4.41. The maximum atomic E-state index is 5.38. The molecule has 1 N–H and O–H groups in total. The van der Waals surface area contributed by atoms with Crippen LogP contribution >= 0.6 is 0 Å². The average molecular weight is 386 g/mol. The molecule has 3 rings (SSSR count). The summed E-state index contributed by atoms with van der Waals surface area (Å²) in [4.78, 5) is 8.67. The van der Waals surface area contributed by atoms with Crippen molar-refractivity contribution in [3.05, 3.63) is 71.1 Å². The van der Waals surface area contributed by atoms with Crippen LogP contribution in [0.4, 0.5) is 5.82 Å². The number of anilines is 1. The van der Waals surface area contributed by atoms with Gasteiger partial charge in [-0.2, -0.15) is 0 Å². The first-order chi connectivity index (χ1) is 14.3. The van der Waals surface area contributed by atoms with E-state index in [4.69, 9.17) is 4.74 Å². The number of methoxy groups -OCH3 is 1. The van der Waals surface area contributed by atoms with Crippen molar-refractivity contribution in [3.8, 4) is 11.8 Å². The van der Waals surface area contributed by atoms with Crippen molar-refractivity contribution in [2.24, 2.45) is 0 Å². The minimum Gasteiger partial charge on any atom is -0.380 e. The lowest BCUT2D eigenvalue weighted by Crippen LogP contribution is -2.03. The van der Waals surface area contributed by atoms with Gasteiger partial charge in [0.25, 0.3) is 0 Å². The van der Waals surface area contributed by atoms with Crippen molar-refractivity contribution in [2.45, 2.75) is 33.3 Å². The molecule has 0 amide bonds. The highest BCUT2D eigenvalue weighted by atomic mass is 16.5. The molecule has 0 fully saturated rings. The van der Waals surface area contributed by atoms with E-state index in [2.05, 4.69) is 58.3 Å². The van der Waals surface area contributed by atoms with Crippen LogP contribution in [0.25, 0.3) is 17.0 Å². The topological polar surface area (TPSA) is 47.0 Å². The predicted molar refractivity (Wildman–Crippen MR) is 121 cm³/mol. The Morgan fingerprint density at radius 1 is 1.10 bits per heavy atom. The molecule has 0 atom stereocenters. The van der Waals surface area contributed by atoms with E-state index in [0.29, 0.717) is 6.61 Å². The van der Waals surface area contributed by atoms with E-state index in [1.165, 1.54) is 11.1 Å². The first kappa shape index (κ1) is 20.6. The minimum absolute atomic E-state index is 0.559. The molecule has 1 aromatic heterocycles. The number of nitrogens with one attached hydrogen (secondary N) is 1. The van der Waals surface area contributed by atoms with E-state index in [1.54, 1.807) is 13.4 Å². The standard InChI is InChI=1S/C25H27N3O/c1-4-10-21-19(5-2)14-15-20(17-29-3)22(21)11-8-9-16-26-25-23-12-6-7-13-24(23)27-18-28-25/h4,6-7,10,12-15,18H,5,9,16-17H2,1-3H3,(H,26,27,28)/b10-4-. The van der Waals surface area contributed by atoms with Crippen LogP contribution in [0.1, 0.15) is 42.5 Å². The van der Waals surface area contributed by atoms with Crippen LogP contribution in [0.3, 0.4) is 0 Å². The van der Waals surface area contributed by atoms with Crippen LogP contribution in [0, 0.1) is 11.8 Å². The molecule has 148 valence electrons. The van der Waals surface area contributed by atoms with Crippen LogP contribution in [0.2, 0.25) is 0 Å². The molecule has 0 unspecified atom stereocenters. The van der Waals surface area contributed by atoms with E-state index in [0.717, 1.165) is 47.2 Å². The molecule has 2 aromatic carbocycles. The summed E-state index contributed by atoms with van der Waals surface area (Å²) in [6.07, 6.45) is 7.50. The largest absolute Gasteiger partial charge is 0.380 e. The Morgan fingerprint density at radius 2 is 1.93 bits per heavy atom. The molecule has 0 aliphatic heterocycles. The van der Waals surface area contributed by atoms with Crippen molar-refractivity contribution in [2.75, 3.05) is 19.0 Å². The number of hydrogen-bond acceptors (Lipinski definition) is 4. The number of nitrogens with zero attached hydrogens (tertiary/aromatic N) is 2. The third kappa shape index (κ3) is 5.01. The summed E-state index contributed by atoms with van der Waals surface area (Å²) < 4.78 is 5.38. The van der Waals surface area contributed by atoms with Crippen LogP contribution < -0.4 is 5.32 Å². The Hall–Kier alpha value is -3.16. The van der Waals surface area contributed by atoms with Crippen molar-refractivity contribution in [3.63, 3.8) is 0 Å².